The quantitative estimate of drug-likeness (QED) is 0.894. The van der Waals surface area contributed by atoms with E-state index in [1.54, 1.807) is 0 Å². The summed E-state index contributed by atoms with van der Waals surface area (Å²) >= 11 is 0. The van der Waals surface area contributed by atoms with E-state index in [2.05, 4.69) is 64.8 Å². The Labute approximate surface area is 145 Å². The summed E-state index contributed by atoms with van der Waals surface area (Å²) in [5, 5.41) is 6.79. The maximum absolute atomic E-state index is 4.50. The van der Waals surface area contributed by atoms with Crippen LogP contribution in [0.5, 0.6) is 0 Å². The second-order valence-corrected chi connectivity index (χ2v) is 6.78. The Morgan fingerprint density at radius 1 is 1.17 bits per heavy atom. The Morgan fingerprint density at radius 2 is 1.92 bits per heavy atom. The smallest absolute Gasteiger partial charge is 0.0854 e. The first kappa shape index (κ1) is 16.9. The van der Waals surface area contributed by atoms with Gasteiger partial charge in [-0.15, -0.1) is 0 Å². The van der Waals surface area contributed by atoms with Gasteiger partial charge in [-0.25, -0.2) is 0 Å². The van der Waals surface area contributed by atoms with Crippen LogP contribution in [0.1, 0.15) is 25.0 Å². The summed E-state index contributed by atoms with van der Waals surface area (Å²) in [6.07, 6.45) is 3.03. The highest BCUT2D eigenvalue weighted by molar-refractivity contribution is 6.14. The van der Waals surface area contributed by atoms with Crippen molar-refractivity contribution < 1.29 is 0 Å². The number of nitrogens with one attached hydrogen (secondary N) is 2. The van der Waals surface area contributed by atoms with Crippen LogP contribution in [0.25, 0.3) is 0 Å². The second kappa shape index (κ2) is 7.77. The van der Waals surface area contributed by atoms with E-state index in [4.69, 9.17) is 0 Å². The van der Waals surface area contributed by atoms with E-state index in [-0.39, 0.29) is 0 Å². The van der Waals surface area contributed by atoms with Crippen LogP contribution in [0, 0.1) is 0 Å². The lowest BCUT2D eigenvalue weighted by atomic mass is 9.99. The summed E-state index contributed by atoms with van der Waals surface area (Å²) < 4.78 is 0. The monoisotopic (exact) mass is 324 g/mol. The molecule has 1 aromatic rings. The Bertz CT molecular complexity index is 675. The van der Waals surface area contributed by atoms with E-state index >= 15 is 0 Å². The first-order valence-electron chi connectivity index (χ1n) is 8.79. The van der Waals surface area contributed by atoms with Crippen LogP contribution in [0.4, 0.5) is 0 Å². The SMILES string of the molecule is CN=C1C(Cc2cccc(CN3CCNCC3)c2)=CNC1=C(C)C. The highest BCUT2D eigenvalue weighted by Crippen LogP contribution is 2.21. The van der Waals surface area contributed by atoms with Crippen LogP contribution in [-0.4, -0.2) is 43.8 Å². The zero-order valence-corrected chi connectivity index (χ0v) is 15.0. The molecule has 1 saturated heterocycles. The lowest BCUT2D eigenvalue weighted by Gasteiger charge is -2.27. The zero-order valence-electron chi connectivity index (χ0n) is 15.0. The first-order valence-corrected chi connectivity index (χ1v) is 8.79. The molecule has 4 nitrogen and oxygen atoms in total. The highest BCUT2D eigenvalue weighted by atomic mass is 15.2. The van der Waals surface area contributed by atoms with Gasteiger partial charge in [-0.2, -0.15) is 0 Å². The van der Waals surface area contributed by atoms with Gasteiger partial charge in [-0.1, -0.05) is 29.8 Å². The molecule has 128 valence electrons. The molecule has 0 aliphatic carbocycles. The Kier molecular flexibility index (Phi) is 5.48. The highest BCUT2D eigenvalue weighted by Gasteiger charge is 2.19. The van der Waals surface area contributed by atoms with Gasteiger partial charge >= 0.3 is 0 Å². The average molecular weight is 324 g/mol. The Hall–Kier alpha value is -1.91. The van der Waals surface area contributed by atoms with Gasteiger partial charge in [-0.3, -0.25) is 9.89 Å². The van der Waals surface area contributed by atoms with Crippen molar-refractivity contribution in [2.75, 3.05) is 33.2 Å². The number of benzene rings is 1. The summed E-state index contributed by atoms with van der Waals surface area (Å²) in [5.41, 5.74) is 7.56. The molecule has 2 N–H and O–H groups in total. The molecule has 0 bridgehead atoms. The van der Waals surface area contributed by atoms with Crippen LogP contribution in [0.15, 0.2) is 52.3 Å². The number of hydrogen-bond acceptors (Lipinski definition) is 4. The number of nitrogens with zero attached hydrogens (tertiary/aromatic N) is 2. The lowest BCUT2D eigenvalue weighted by molar-refractivity contribution is 0.233. The summed E-state index contributed by atoms with van der Waals surface area (Å²) in [4.78, 5) is 7.02. The van der Waals surface area contributed by atoms with Gasteiger partial charge < -0.3 is 10.6 Å². The maximum atomic E-state index is 4.50. The molecule has 2 heterocycles. The minimum Gasteiger partial charge on any atom is -0.360 e. The molecule has 1 fully saturated rings. The van der Waals surface area contributed by atoms with Gasteiger partial charge in [-0.05, 0) is 30.5 Å². The molecule has 0 spiro atoms. The van der Waals surface area contributed by atoms with Crippen molar-refractivity contribution >= 4 is 5.71 Å². The number of hydrogen-bond donors (Lipinski definition) is 2. The first-order chi connectivity index (χ1) is 11.7. The number of allylic oxidation sites excluding steroid dienone is 2. The summed E-state index contributed by atoms with van der Waals surface area (Å²) in [6, 6.07) is 8.98. The summed E-state index contributed by atoms with van der Waals surface area (Å²) in [6.45, 7) is 9.75. The van der Waals surface area contributed by atoms with Crippen molar-refractivity contribution in [1.82, 2.24) is 15.5 Å². The van der Waals surface area contributed by atoms with Crippen molar-refractivity contribution in [2.45, 2.75) is 26.8 Å². The molecular formula is C20H28N4. The average Bonchev–Trinajstić information content (AvgIpc) is 2.99. The molecule has 4 heteroatoms. The molecule has 2 aliphatic heterocycles. The van der Waals surface area contributed by atoms with Gasteiger partial charge in [0.15, 0.2) is 0 Å². The molecule has 0 unspecified atom stereocenters. The molecule has 0 amide bonds. The maximum Gasteiger partial charge on any atom is 0.0854 e. The van der Waals surface area contributed by atoms with Gasteiger partial charge in [0.25, 0.3) is 0 Å². The number of aliphatic imine (C=N–C) groups is 1. The lowest BCUT2D eigenvalue weighted by Crippen LogP contribution is -2.42. The molecule has 0 radical (unpaired) electrons. The van der Waals surface area contributed by atoms with Crippen LogP contribution in [0.2, 0.25) is 0 Å². The van der Waals surface area contributed by atoms with Gasteiger partial charge in [0.1, 0.15) is 0 Å². The summed E-state index contributed by atoms with van der Waals surface area (Å²) in [5.74, 6) is 0. The molecule has 0 atom stereocenters. The molecule has 0 aromatic heterocycles. The molecule has 0 saturated carbocycles. The van der Waals surface area contributed by atoms with Crippen LogP contribution in [0.3, 0.4) is 0 Å². The van der Waals surface area contributed by atoms with E-state index in [1.165, 1.54) is 22.3 Å². The third-order valence-corrected chi connectivity index (χ3v) is 4.66. The van der Waals surface area contributed by atoms with E-state index in [0.29, 0.717) is 0 Å². The topological polar surface area (TPSA) is 39.7 Å². The normalized spacial score (nSPS) is 20.2. The van der Waals surface area contributed by atoms with Crippen molar-refractivity contribution in [1.29, 1.82) is 0 Å². The zero-order chi connectivity index (χ0) is 16.9. The fourth-order valence-electron chi connectivity index (χ4n) is 3.41. The van der Waals surface area contributed by atoms with Gasteiger partial charge in [0.05, 0.1) is 11.4 Å². The summed E-state index contributed by atoms with van der Waals surface area (Å²) in [7, 11) is 1.87. The van der Waals surface area contributed by atoms with Crippen molar-refractivity contribution in [3.05, 3.63) is 58.4 Å². The predicted molar refractivity (Wildman–Crippen MR) is 101 cm³/mol. The van der Waals surface area contributed by atoms with E-state index in [0.717, 1.165) is 50.6 Å². The van der Waals surface area contributed by atoms with E-state index in [1.807, 2.05) is 7.05 Å². The minimum absolute atomic E-state index is 0.922. The molecule has 24 heavy (non-hydrogen) atoms. The van der Waals surface area contributed by atoms with Crippen LogP contribution in [-0.2, 0) is 13.0 Å². The Balaban J connectivity index is 1.70. The van der Waals surface area contributed by atoms with Crippen LogP contribution >= 0.6 is 0 Å². The fraction of sp³-hybridized carbons (Fsp3) is 0.450. The third-order valence-electron chi connectivity index (χ3n) is 4.66. The molecule has 3 rings (SSSR count). The van der Waals surface area contributed by atoms with E-state index in [9.17, 15) is 0 Å². The van der Waals surface area contributed by atoms with Crippen molar-refractivity contribution in [3.8, 4) is 0 Å². The second-order valence-electron chi connectivity index (χ2n) is 6.78. The number of rotatable bonds is 4. The van der Waals surface area contributed by atoms with Gasteiger partial charge in [0, 0.05) is 52.4 Å². The van der Waals surface area contributed by atoms with E-state index < -0.39 is 0 Å². The molecule has 2 aliphatic rings. The van der Waals surface area contributed by atoms with Crippen molar-refractivity contribution in [2.24, 2.45) is 4.99 Å². The van der Waals surface area contributed by atoms with Crippen LogP contribution < -0.4 is 10.6 Å². The molecule has 1 aromatic carbocycles. The molecular weight excluding hydrogens is 296 g/mol. The fourth-order valence-corrected chi connectivity index (χ4v) is 3.41. The predicted octanol–water partition coefficient (Wildman–Crippen LogP) is 2.49. The largest absolute Gasteiger partial charge is 0.360 e. The third kappa shape index (κ3) is 3.94. The number of piperazine rings is 1. The van der Waals surface area contributed by atoms with Crippen molar-refractivity contribution in [3.63, 3.8) is 0 Å². The van der Waals surface area contributed by atoms with Gasteiger partial charge in [0.2, 0.25) is 0 Å². The standard InChI is InChI=1S/C20H28N4/c1-15(2)19-20(21-3)18(13-23-19)12-16-5-4-6-17(11-16)14-24-9-7-22-8-10-24/h4-6,11,13,22-23H,7-10,12,14H2,1-3H3. The Morgan fingerprint density at radius 3 is 2.62 bits per heavy atom. The minimum atomic E-state index is 0.922.